The fraction of sp³-hybridized carbons (Fsp3) is 0.273. The molecule has 5 nitrogen and oxygen atoms in total. The van der Waals surface area contributed by atoms with Crippen molar-refractivity contribution in [2.45, 2.75) is 18.9 Å². The number of halogens is 1. The molecule has 1 fully saturated rings. The number of carbonyl (C=O) groups is 1. The minimum absolute atomic E-state index is 0.00623. The molecule has 0 radical (unpaired) electrons. The topological polar surface area (TPSA) is 51.7 Å². The van der Waals surface area contributed by atoms with Gasteiger partial charge < -0.3 is 14.4 Å². The summed E-state index contributed by atoms with van der Waals surface area (Å²) in [5.41, 5.74) is 0.876. The highest BCUT2D eigenvalue weighted by atomic mass is 35.5. The molecule has 1 aliphatic rings. The molecule has 3 heterocycles. The standard InChI is InChI=1S/C22H19ClN2O3S2/c1-27-14-6-7-18-16(12-14)24-22(30-18)28-13-8-10-25(11-9-13)21(26)20-19(23)15-4-2-3-5-17(15)29-20/h2-7,12-13H,8-11H2,1H3. The average Bonchev–Trinajstić information content (AvgIpc) is 3.33. The number of hydrogen-bond donors (Lipinski definition) is 0. The molecule has 154 valence electrons. The Kier molecular flexibility index (Phi) is 5.26. The van der Waals surface area contributed by atoms with Crippen LogP contribution in [0.4, 0.5) is 0 Å². The van der Waals surface area contributed by atoms with Crippen molar-refractivity contribution in [3.63, 3.8) is 0 Å². The van der Waals surface area contributed by atoms with E-state index in [4.69, 9.17) is 21.1 Å². The van der Waals surface area contributed by atoms with Crippen LogP contribution in [0, 0.1) is 0 Å². The molecule has 0 spiro atoms. The Labute approximate surface area is 186 Å². The van der Waals surface area contributed by atoms with Gasteiger partial charge in [-0.15, -0.1) is 11.3 Å². The van der Waals surface area contributed by atoms with Crippen molar-refractivity contribution in [1.29, 1.82) is 0 Å². The summed E-state index contributed by atoms with van der Waals surface area (Å²) in [5.74, 6) is 0.790. The zero-order valence-corrected chi connectivity index (χ0v) is 18.6. The van der Waals surface area contributed by atoms with Gasteiger partial charge in [0.1, 0.15) is 16.7 Å². The lowest BCUT2D eigenvalue weighted by molar-refractivity contribution is 0.0600. The lowest BCUT2D eigenvalue weighted by atomic mass is 10.1. The fourth-order valence-electron chi connectivity index (χ4n) is 3.68. The van der Waals surface area contributed by atoms with Crippen molar-refractivity contribution in [2.24, 2.45) is 0 Å². The van der Waals surface area contributed by atoms with E-state index in [1.807, 2.05) is 47.4 Å². The summed E-state index contributed by atoms with van der Waals surface area (Å²) in [6, 6.07) is 13.7. The summed E-state index contributed by atoms with van der Waals surface area (Å²) >= 11 is 9.48. The number of likely N-dealkylation sites (tertiary alicyclic amines) is 1. The molecule has 1 amide bonds. The van der Waals surface area contributed by atoms with Crippen LogP contribution in [0.2, 0.25) is 5.02 Å². The number of aromatic nitrogens is 1. The van der Waals surface area contributed by atoms with Crippen LogP contribution in [0.15, 0.2) is 42.5 Å². The number of benzene rings is 2. The second-order valence-corrected chi connectivity index (χ2v) is 9.59. The van der Waals surface area contributed by atoms with Gasteiger partial charge in [-0.25, -0.2) is 4.98 Å². The van der Waals surface area contributed by atoms with E-state index in [2.05, 4.69) is 4.98 Å². The SMILES string of the molecule is COc1ccc2sc(OC3CCN(C(=O)c4sc5ccccc5c4Cl)CC3)nc2c1. The third-order valence-electron chi connectivity index (χ3n) is 5.30. The Morgan fingerprint density at radius 2 is 1.93 bits per heavy atom. The second-order valence-electron chi connectivity index (χ2n) is 7.16. The van der Waals surface area contributed by atoms with Crippen molar-refractivity contribution in [1.82, 2.24) is 9.88 Å². The molecule has 30 heavy (non-hydrogen) atoms. The Morgan fingerprint density at radius 1 is 1.13 bits per heavy atom. The molecule has 0 atom stereocenters. The van der Waals surface area contributed by atoms with Gasteiger partial charge in [0, 0.05) is 42.1 Å². The van der Waals surface area contributed by atoms with Crippen molar-refractivity contribution >= 4 is 60.5 Å². The van der Waals surface area contributed by atoms with Crippen molar-refractivity contribution in [3.8, 4) is 10.9 Å². The number of fused-ring (bicyclic) bond motifs is 2. The van der Waals surface area contributed by atoms with Gasteiger partial charge in [-0.3, -0.25) is 4.79 Å². The zero-order chi connectivity index (χ0) is 20.7. The van der Waals surface area contributed by atoms with Crippen LogP contribution in [0.3, 0.4) is 0 Å². The number of hydrogen-bond acceptors (Lipinski definition) is 6. The van der Waals surface area contributed by atoms with E-state index in [-0.39, 0.29) is 12.0 Å². The van der Waals surface area contributed by atoms with Crippen LogP contribution in [-0.4, -0.2) is 42.1 Å². The lowest BCUT2D eigenvalue weighted by Crippen LogP contribution is -2.41. The molecular formula is C22H19ClN2O3S2. The van der Waals surface area contributed by atoms with Crippen molar-refractivity contribution < 1.29 is 14.3 Å². The highest BCUT2D eigenvalue weighted by molar-refractivity contribution is 7.21. The van der Waals surface area contributed by atoms with Crippen LogP contribution >= 0.6 is 34.3 Å². The van der Waals surface area contributed by atoms with E-state index in [9.17, 15) is 4.79 Å². The van der Waals surface area contributed by atoms with Gasteiger partial charge in [-0.1, -0.05) is 41.1 Å². The Balaban J connectivity index is 1.24. The van der Waals surface area contributed by atoms with E-state index < -0.39 is 0 Å². The van der Waals surface area contributed by atoms with Crippen LogP contribution < -0.4 is 9.47 Å². The molecular weight excluding hydrogens is 440 g/mol. The number of rotatable bonds is 4. The third-order valence-corrected chi connectivity index (χ3v) is 7.89. The maximum atomic E-state index is 13.0. The van der Waals surface area contributed by atoms with Crippen LogP contribution in [0.1, 0.15) is 22.5 Å². The normalized spacial score (nSPS) is 15.1. The van der Waals surface area contributed by atoms with Gasteiger partial charge in [-0.05, 0) is 18.2 Å². The maximum absolute atomic E-state index is 13.0. The molecule has 0 bridgehead atoms. The monoisotopic (exact) mass is 458 g/mol. The first-order valence-corrected chi connectivity index (χ1v) is 11.7. The zero-order valence-electron chi connectivity index (χ0n) is 16.3. The number of ether oxygens (including phenoxy) is 2. The van der Waals surface area contributed by atoms with Gasteiger partial charge in [0.15, 0.2) is 0 Å². The molecule has 1 saturated heterocycles. The van der Waals surface area contributed by atoms with Gasteiger partial charge in [-0.2, -0.15) is 0 Å². The number of thiophene rings is 1. The molecule has 0 N–H and O–H groups in total. The number of methoxy groups -OCH3 is 1. The molecule has 0 aliphatic carbocycles. The van der Waals surface area contributed by atoms with E-state index in [1.54, 1.807) is 7.11 Å². The molecule has 1 aliphatic heterocycles. The van der Waals surface area contributed by atoms with Gasteiger partial charge in [0.05, 0.1) is 22.3 Å². The quantitative estimate of drug-likeness (QED) is 0.384. The lowest BCUT2D eigenvalue weighted by Gasteiger charge is -2.31. The summed E-state index contributed by atoms with van der Waals surface area (Å²) in [4.78, 5) is 20.1. The fourth-order valence-corrected chi connectivity index (χ4v) is 6.02. The number of piperidine rings is 1. The predicted molar refractivity (Wildman–Crippen MR) is 123 cm³/mol. The number of carbonyl (C=O) groups excluding carboxylic acids is 1. The first kappa shape index (κ1) is 19.6. The third kappa shape index (κ3) is 3.62. The minimum Gasteiger partial charge on any atom is -0.497 e. The van der Waals surface area contributed by atoms with Crippen molar-refractivity contribution in [2.75, 3.05) is 20.2 Å². The van der Waals surface area contributed by atoms with Gasteiger partial charge in [0.2, 0.25) is 0 Å². The summed E-state index contributed by atoms with van der Waals surface area (Å²) in [6.45, 7) is 1.29. The van der Waals surface area contributed by atoms with Crippen molar-refractivity contribution in [3.05, 3.63) is 52.4 Å². The number of amides is 1. The first-order chi connectivity index (χ1) is 14.6. The van der Waals surface area contributed by atoms with E-state index in [1.165, 1.54) is 22.7 Å². The molecule has 5 rings (SSSR count). The summed E-state index contributed by atoms with van der Waals surface area (Å²) in [7, 11) is 1.64. The van der Waals surface area contributed by atoms with Crippen LogP contribution in [0.5, 0.6) is 10.9 Å². The Morgan fingerprint density at radius 3 is 2.70 bits per heavy atom. The highest BCUT2D eigenvalue weighted by Gasteiger charge is 2.28. The molecule has 2 aromatic heterocycles. The molecule has 2 aromatic carbocycles. The predicted octanol–water partition coefficient (Wildman–Crippen LogP) is 5.86. The summed E-state index contributed by atoms with van der Waals surface area (Å²) in [5, 5.41) is 2.16. The molecule has 0 saturated carbocycles. The molecule has 4 aromatic rings. The summed E-state index contributed by atoms with van der Waals surface area (Å²) < 4.78 is 13.5. The van der Waals surface area contributed by atoms with E-state index in [0.29, 0.717) is 28.2 Å². The highest BCUT2D eigenvalue weighted by Crippen LogP contribution is 2.37. The number of nitrogens with zero attached hydrogens (tertiary/aromatic N) is 2. The summed E-state index contributed by atoms with van der Waals surface area (Å²) in [6.07, 6.45) is 1.59. The number of thiazole rings is 1. The smallest absolute Gasteiger partial charge is 0.274 e. The van der Waals surface area contributed by atoms with Gasteiger partial charge >= 0.3 is 0 Å². The Bertz CT molecular complexity index is 1230. The maximum Gasteiger partial charge on any atom is 0.274 e. The minimum atomic E-state index is 0.00623. The van der Waals surface area contributed by atoms with Gasteiger partial charge in [0.25, 0.3) is 11.1 Å². The van der Waals surface area contributed by atoms with Crippen LogP contribution in [-0.2, 0) is 0 Å². The van der Waals surface area contributed by atoms with E-state index in [0.717, 1.165) is 38.9 Å². The molecule has 0 unspecified atom stereocenters. The average molecular weight is 459 g/mol. The van der Waals surface area contributed by atoms with E-state index >= 15 is 0 Å². The first-order valence-electron chi connectivity index (χ1n) is 9.70. The van der Waals surface area contributed by atoms with Crippen LogP contribution in [0.25, 0.3) is 20.3 Å². The largest absolute Gasteiger partial charge is 0.497 e. The molecule has 8 heteroatoms. The second kappa shape index (κ2) is 8.06. The Hall–Kier alpha value is -2.35.